The molecule has 1 unspecified atom stereocenters. The highest BCUT2D eigenvalue weighted by atomic mass is 16.5. The third-order valence-electron chi connectivity index (χ3n) is 4.56. The summed E-state index contributed by atoms with van der Waals surface area (Å²) >= 11 is 0. The number of nitrogens with zero attached hydrogens (tertiary/aromatic N) is 3. The first-order valence-corrected chi connectivity index (χ1v) is 8.97. The van der Waals surface area contributed by atoms with Crippen LogP contribution < -0.4 is 20.3 Å². The van der Waals surface area contributed by atoms with E-state index in [1.807, 2.05) is 43.3 Å². The summed E-state index contributed by atoms with van der Waals surface area (Å²) in [6.45, 7) is 4.57. The second kappa shape index (κ2) is 8.56. The van der Waals surface area contributed by atoms with Crippen LogP contribution in [0.1, 0.15) is 17.8 Å². The Hall–Kier alpha value is -2.76. The average molecular weight is 353 g/mol. The van der Waals surface area contributed by atoms with Gasteiger partial charge in [-0.1, -0.05) is 18.2 Å². The molecule has 3 rings (SSSR count). The summed E-state index contributed by atoms with van der Waals surface area (Å²) in [5.74, 6) is 1.72. The molecule has 6 heteroatoms. The monoisotopic (exact) mass is 353 g/mol. The molecule has 0 saturated carbocycles. The lowest BCUT2D eigenvalue weighted by Gasteiger charge is -2.22. The molecular weight excluding hydrogens is 326 g/mol. The van der Waals surface area contributed by atoms with E-state index in [-0.39, 0.29) is 0 Å². The maximum Gasteiger partial charge on any atom is 0.191 e. The van der Waals surface area contributed by atoms with Crippen molar-refractivity contribution in [1.29, 1.82) is 0 Å². The van der Waals surface area contributed by atoms with E-state index in [0.717, 1.165) is 48.3 Å². The van der Waals surface area contributed by atoms with Gasteiger partial charge in [-0.05, 0) is 37.6 Å². The number of aliphatic imine (C=N–C) groups is 1. The van der Waals surface area contributed by atoms with Gasteiger partial charge in [-0.15, -0.1) is 0 Å². The molecule has 2 heterocycles. The molecule has 1 aromatic carbocycles. The second-order valence-corrected chi connectivity index (χ2v) is 6.44. The molecule has 6 nitrogen and oxygen atoms in total. The van der Waals surface area contributed by atoms with Crippen molar-refractivity contribution in [3.05, 3.63) is 53.9 Å². The highest BCUT2D eigenvalue weighted by Crippen LogP contribution is 2.30. The number of para-hydroxylation sites is 2. The molecule has 1 aliphatic rings. The van der Waals surface area contributed by atoms with Gasteiger partial charge in [0.2, 0.25) is 0 Å². The van der Waals surface area contributed by atoms with Crippen molar-refractivity contribution in [1.82, 2.24) is 15.6 Å². The van der Waals surface area contributed by atoms with E-state index in [1.54, 1.807) is 14.2 Å². The molecular formula is C20H27N5O. The number of aryl methyl sites for hydroxylation is 1. The lowest BCUT2D eigenvalue weighted by Crippen LogP contribution is -2.44. The van der Waals surface area contributed by atoms with Gasteiger partial charge in [0.15, 0.2) is 5.96 Å². The summed E-state index contributed by atoms with van der Waals surface area (Å²) in [5, 5.41) is 6.87. The first-order valence-electron chi connectivity index (χ1n) is 8.97. The summed E-state index contributed by atoms with van der Waals surface area (Å²) in [7, 11) is 3.52. The topological polar surface area (TPSA) is 61.8 Å². The quantitative estimate of drug-likeness (QED) is 0.638. The van der Waals surface area contributed by atoms with Crippen LogP contribution in [0.15, 0.2) is 47.5 Å². The van der Waals surface area contributed by atoms with Gasteiger partial charge in [0, 0.05) is 31.9 Å². The molecule has 1 fully saturated rings. The van der Waals surface area contributed by atoms with Crippen molar-refractivity contribution in [3.8, 4) is 5.75 Å². The third kappa shape index (κ3) is 4.45. The minimum Gasteiger partial charge on any atom is -0.495 e. The number of guanidine groups is 1. The largest absolute Gasteiger partial charge is 0.495 e. The summed E-state index contributed by atoms with van der Waals surface area (Å²) in [4.78, 5) is 11.2. The SMILES string of the molecule is CN=C(NCc1cccc(C)n1)NC1CCN(c2ccccc2OC)C1. The number of aromatic nitrogens is 1. The summed E-state index contributed by atoms with van der Waals surface area (Å²) < 4.78 is 5.49. The molecule has 1 aliphatic heterocycles. The second-order valence-electron chi connectivity index (χ2n) is 6.44. The number of methoxy groups -OCH3 is 1. The molecule has 0 aliphatic carbocycles. The molecule has 1 saturated heterocycles. The summed E-state index contributed by atoms with van der Waals surface area (Å²) in [5.41, 5.74) is 3.18. The van der Waals surface area contributed by atoms with Gasteiger partial charge in [-0.2, -0.15) is 0 Å². The highest BCUT2D eigenvalue weighted by Gasteiger charge is 2.25. The van der Waals surface area contributed by atoms with Gasteiger partial charge in [0.05, 0.1) is 25.0 Å². The number of pyridine rings is 1. The van der Waals surface area contributed by atoms with Crippen LogP contribution in [0.2, 0.25) is 0 Å². The fraction of sp³-hybridized carbons (Fsp3) is 0.400. The highest BCUT2D eigenvalue weighted by molar-refractivity contribution is 5.80. The van der Waals surface area contributed by atoms with Gasteiger partial charge in [-0.25, -0.2) is 0 Å². The molecule has 1 aromatic heterocycles. The number of hydrogen-bond donors (Lipinski definition) is 2. The van der Waals surface area contributed by atoms with Gasteiger partial charge in [-0.3, -0.25) is 9.98 Å². The number of hydrogen-bond acceptors (Lipinski definition) is 4. The predicted octanol–water partition coefficient (Wildman–Crippen LogP) is 2.34. The minimum absolute atomic E-state index is 0.344. The Bertz CT molecular complexity index is 761. The van der Waals surface area contributed by atoms with Crippen LogP contribution in [0, 0.1) is 6.92 Å². The van der Waals surface area contributed by atoms with Gasteiger partial charge in [0.25, 0.3) is 0 Å². The Balaban J connectivity index is 1.55. The normalized spacial score (nSPS) is 17.3. The number of ether oxygens (including phenoxy) is 1. The van der Waals surface area contributed by atoms with Crippen LogP contribution in [0.4, 0.5) is 5.69 Å². The van der Waals surface area contributed by atoms with Gasteiger partial charge < -0.3 is 20.3 Å². The van der Waals surface area contributed by atoms with Gasteiger partial charge >= 0.3 is 0 Å². The Morgan fingerprint density at radius 2 is 2.12 bits per heavy atom. The number of nitrogens with one attached hydrogen (secondary N) is 2. The standard InChI is InChI=1S/C20H27N5O/c1-15-7-6-8-16(23-15)13-22-20(21-2)24-17-11-12-25(14-17)18-9-4-5-10-19(18)26-3/h4-10,17H,11-14H2,1-3H3,(H2,21,22,24). The van der Waals surface area contributed by atoms with Crippen LogP contribution in [-0.4, -0.2) is 44.2 Å². The fourth-order valence-corrected chi connectivity index (χ4v) is 3.25. The summed E-state index contributed by atoms with van der Waals surface area (Å²) in [6.07, 6.45) is 1.06. The van der Waals surface area contributed by atoms with Crippen molar-refractivity contribution in [3.63, 3.8) is 0 Å². The molecule has 26 heavy (non-hydrogen) atoms. The van der Waals surface area contributed by atoms with Crippen molar-refractivity contribution in [2.75, 3.05) is 32.1 Å². The molecule has 0 radical (unpaired) electrons. The zero-order valence-electron chi connectivity index (χ0n) is 15.7. The zero-order chi connectivity index (χ0) is 18.4. The molecule has 0 bridgehead atoms. The van der Waals surface area contributed by atoms with E-state index in [9.17, 15) is 0 Å². The number of benzene rings is 1. The molecule has 2 aromatic rings. The average Bonchev–Trinajstić information content (AvgIpc) is 3.13. The van der Waals surface area contributed by atoms with E-state index in [4.69, 9.17) is 4.74 Å². The van der Waals surface area contributed by atoms with Crippen molar-refractivity contribution in [2.24, 2.45) is 4.99 Å². The van der Waals surface area contributed by atoms with Crippen molar-refractivity contribution >= 4 is 11.6 Å². The van der Waals surface area contributed by atoms with Crippen molar-refractivity contribution < 1.29 is 4.74 Å². The first kappa shape index (κ1) is 18.0. The third-order valence-corrected chi connectivity index (χ3v) is 4.56. The van der Waals surface area contributed by atoms with E-state index in [1.165, 1.54) is 0 Å². The maximum absolute atomic E-state index is 5.49. The minimum atomic E-state index is 0.344. The molecule has 138 valence electrons. The smallest absolute Gasteiger partial charge is 0.191 e. The lowest BCUT2D eigenvalue weighted by molar-refractivity contribution is 0.415. The number of anilines is 1. The molecule has 0 amide bonds. The Morgan fingerprint density at radius 1 is 1.27 bits per heavy atom. The van der Waals surface area contributed by atoms with E-state index >= 15 is 0 Å². The molecule has 0 spiro atoms. The van der Waals surface area contributed by atoms with Crippen molar-refractivity contribution in [2.45, 2.75) is 25.9 Å². The fourth-order valence-electron chi connectivity index (χ4n) is 3.25. The predicted molar refractivity (Wildman–Crippen MR) is 106 cm³/mol. The lowest BCUT2D eigenvalue weighted by atomic mass is 10.2. The Kier molecular flexibility index (Phi) is 5.94. The van der Waals surface area contributed by atoms with Crippen LogP contribution in [0.3, 0.4) is 0 Å². The molecule has 2 N–H and O–H groups in total. The summed E-state index contributed by atoms with van der Waals surface area (Å²) in [6, 6.07) is 14.6. The van der Waals surface area contributed by atoms with Crippen LogP contribution in [0.25, 0.3) is 0 Å². The maximum atomic E-state index is 5.49. The van der Waals surface area contributed by atoms with Gasteiger partial charge in [0.1, 0.15) is 5.75 Å². The van der Waals surface area contributed by atoms with E-state index in [0.29, 0.717) is 12.6 Å². The molecule has 1 atom stereocenters. The van der Waals surface area contributed by atoms with Crippen LogP contribution >= 0.6 is 0 Å². The first-order chi connectivity index (χ1) is 12.7. The van der Waals surface area contributed by atoms with Crippen LogP contribution in [-0.2, 0) is 6.54 Å². The number of rotatable bonds is 5. The Morgan fingerprint density at radius 3 is 2.88 bits per heavy atom. The van der Waals surface area contributed by atoms with E-state index < -0.39 is 0 Å². The zero-order valence-corrected chi connectivity index (χ0v) is 15.7. The van der Waals surface area contributed by atoms with Crippen LogP contribution in [0.5, 0.6) is 5.75 Å². The van der Waals surface area contributed by atoms with E-state index in [2.05, 4.69) is 31.6 Å². The Labute approximate surface area is 155 Å².